The third-order valence-corrected chi connectivity index (χ3v) is 7.74. The number of hydrogen-bond donors (Lipinski definition) is 0. The predicted molar refractivity (Wildman–Crippen MR) is 150 cm³/mol. The smallest absolute Gasteiger partial charge is 0.0719 e. The fourth-order valence-corrected chi connectivity index (χ4v) is 6.01. The molecular formula is C32H33NS. The molecule has 0 N–H and O–H groups in total. The molecule has 0 unspecified atom stereocenters. The van der Waals surface area contributed by atoms with Crippen LogP contribution in [0.25, 0.3) is 42.6 Å². The van der Waals surface area contributed by atoms with E-state index in [0.717, 1.165) is 39.1 Å². The van der Waals surface area contributed by atoms with E-state index in [0.29, 0.717) is 0 Å². The third-order valence-electron chi connectivity index (χ3n) is 6.54. The van der Waals surface area contributed by atoms with Crippen LogP contribution in [0.3, 0.4) is 0 Å². The average Bonchev–Trinajstić information content (AvgIpc) is 3.20. The minimum absolute atomic E-state index is 0.691. The maximum Gasteiger partial charge on any atom is 0.0719 e. The molecule has 2 heterocycles. The number of fused-ring (bicyclic) bond motifs is 3. The number of pyridine rings is 1. The quantitative estimate of drug-likeness (QED) is 0.251. The Morgan fingerprint density at radius 3 is 2.12 bits per heavy atom. The number of rotatable bonds is 5. The Morgan fingerprint density at radius 1 is 0.735 bits per heavy atom. The molecule has 0 saturated heterocycles. The molecule has 0 fully saturated rings. The van der Waals surface area contributed by atoms with Crippen LogP contribution in [-0.4, -0.2) is 4.98 Å². The van der Waals surface area contributed by atoms with Crippen molar-refractivity contribution in [2.75, 3.05) is 0 Å². The van der Waals surface area contributed by atoms with Gasteiger partial charge >= 0.3 is 0 Å². The summed E-state index contributed by atoms with van der Waals surface area (Å²) in [6.07, 6.45) is 1.80. The topological polar surface area (TPSA) is 12.9 Å². The second-order valence-corrected chi connectivity index (χ2v) is 10.7. The van der Waals surface area contributed by atoms with E-state index in [9.17, 15) is 0 Å². The molecular weight excluding hydrogens is 430 g/mol. The summed E-state index contributed by atoms with van der Waals surface area (Å²) in [4.78, 5) is 4.67. The Bertz CT molecular complexity index is 1600. The number of thiophene rings is 1. The Labute approximate surface area is 211 Å². The maximum atomic E-state index is 8.82. The van der Waals surface area contributed by atoms with Gasteiger partial charge in [-0.2, -0.15) is 0 Å². The normalized spacial score (nSPS) is 14.2. The van der Waals surface area contributed by atoms with Gasteiger partial charge in [-0.05, 0) is 63.7 Å². The standard InChI is InChI=1S/C32H33NS/c1-19(2)22-15-16-33-29(17-22)28-12-8-11-27-26-14-13-23(18-30(26)34-32(27)28)31-24(20(3)4)9-7-10-25(31)21(5)6/h7-21H,1-6H3/i19D,20D,21D. The molecule has 0 radical (unpaired) electrons. The van der Waals surface area contributed by atoms with E-state index >= 15 is 0 Å². The van der Waals surface area contributed by atoms with Crippen LogP contribution in [-0.2, 0) is 0 Å². The molecule has 0 amide bonds. The van der Waals surface area contributed by atoms with Crippen molar-refractivity contribution in [1.82, 2.24) is 4.98 Å². The lowest BCUT2D eigenvalue weighted by molar-refractivity contribution is 0.838. The Kier molecular flexibility index (Phi) is 5.12. The predicted octanol–water partition coefficient (Wildman–Crippen LogP) is 10.2. The zero-order valence-electron chi connectivity index (χ0n) is 23.8. The van der Waals surface area contributed by atoms with Crippen LogP contribution in [0, 0.1) is 0 Å². The van der Waals surface area contributed by atoms with Crippen LogP contribution in [0.1, 0.15) is 80.0 Å². The fraction of sp³-hybridized carbons (Fsp3) is 0.281. The molecule has 34 heavy (non-hydrogen) atoms. The molecule has 0 spiro atoms. The van der Waals surface area contributed by atoms with Crippen molar-refractivity contribution in [3.05, 3.63) is 89.6 Å². The summed E-state index contributed by atoms with van der Waals surface area (Å²) in [7, 11) is 0. The first kappa shape index (κ1) is 19.3. The van der Waals surface area contributed by atoms with E-state index in [1.54, 1.807) is 17.5 Å². The van der Waals surface area contributed by atoms with Gasteiger partial charge in [0.1, 0.15) is 0 Å². The molecule has 0 bridgehead atoms. The van der Waals surface area contributed by atoms with E-state index in [2.05, 4.69) is 41.4 Å². The highest BCUT2D eigenvalue weighted by atomic mass is 32.1. The summed E-state index contributed by atoms with van der Waals surface area (Å²) >= 11 is 1.75. The van der Waals surface area contributed by atoms with Crippen molar-refractivity contribution >= 4 is 31.5 Å². The molecule has 5 rings (SSSR count). The first-order chi connectivity index (χ1) is 17.2. The summed E-state index contributed by atoms with van der Waals surface area (Å²) in [6.45, 7) is 11.4. The molecule has 2 heteroatoms. The Hall–Kier alpha value is -2.97. The number of benzene rings is 3. The first-order valence-corrected chi connectivity index (χ1v) is 12.6. The number of aromatic nitrogens is 1. The summed E-state index contributed by atoms with van der Waals surface area (Å²) in [5.41, 5.74) is 6.81. The molecule has 0 aliphatic heterocycles. The van der Waals surface area contributed by atoms with Crippen molar-refractivity contribution in [3.63, 3.8) is 0 Å². The maximum absolute atomic E-state index is 8.82. The zero-order chi connectivity index (χ0) is 26.8. The van der Waals surface area contributed by atoms with Gasteiger partial charge in [0.25, 0.3) is 0 Å². The molecule has 172 valence electrons. The molecule has 0 aliphatic carbocycles. The van der Waals surface area contributed by atoms with Crippen molar-refractivity contribution < 1.29 is 4.11 Å². The zero-order valence-corrected chi connectivity index (χ0v) is 21.6. The highest BCUT2D eigenvalue weighted by molar-refractivity contribution is 7.26. The molecule has 2 aromatic heterocycles. The van der Waals surface area contributed by atoms with Gasteiger partial charge in [0, 0.05) is 36.0 Å². The average molecular weight is 467 g/mol. The van der Waals surface area contributed by atoms with Gasteiger partial charge in [0.15, 0.2) is 0 Å². The number of nitrogens with zero attached hydrogens (tertiary/aromatic N) is 1. The molecule has 1 nitrogen and oxygen atoms in total. The third kappa shape index (κ3) is 3.95. The van der Waals surface area contributed by atoms with Crippen LogP contribution in [0.4, 0.5) is 0 Å². The van der Waals surface area contributed by atoms with Gasteiger partial charge < -0.3 is 0 Å². The lowest BCUT2D eigenvalue weighted by atomic mass is 9.85. The fourth-order valence-electron chi connectivity index (χ4n) is 4.74. The Morgan fingerprint density at radius 2 is 1.44 bits per heavy atom. The minimum atomic E-state index is -0.790. The van der Waals surface area contributed by atoms with Crippen LogP contribution in [0.5, 0.6) is 0 Å². The van der Waals surface area contributed by atoms with Gasteiger partial charge in [-0.3, -0.25) is 4.98 Å². The van der Waals surface area contributed by atoms with Crippen LogP contribution < -0.4 is 0 Å². The van der Waals surface area contributed by atoms with Crippen molar-refractivity contribution in [1.29, 1.82) is 0 Å². The SMILES string of the molecule is [2H]C(C)(C)c1ccnc(-c2cccc3c2sc2cc(-c4c(C([2H])(C)C)cccc4C([2H])(C)C)ccc23)c1. The van der Waals surface area contributed by atoms with Gasteiger partial charge in [0.2, 0.25) is 0 Å². The van der Waals surface area contributed by atoms with E-state index in [4.69, 9.17) is 4.11 Å². The lowest BCUT2D eigenvalue weighted by Crippen LogP contribution is -1.99. The summed E-state index contributed by atoms with van der Waals surface area (Å²) in [5.74, 6) is -2.27. The molecule has 5 aromatic rings. The van der Waals surface area contributed by atoms with E-state index in [1.807, 2.05) is 71.9 Å². The summed E-state index contributed by atoms with van der Waals surface area (Å²) in [5, 5.41) is 2.38. The van der Waals surface area contributed by atoms with Crippen molar-refractivity contribution in [3.8, 4) is 22.4 Å². The van der Waals surface area contributed by atoms with Gasteiger partial charge in [-0.25, -0.2) is 0 Å². The van der Waals surface area contributed by atoms with Gasteiger partial charge in [-0.1, -0.05) is 90.1 Å². The molecule has 0 saturated carbocycles. The van der Waals surface area contributed by atoms with E-state index in [-0.39, 0.29) is 0 Å². The number of hydrogen-bond acceptors (Lipinski definition) is 2. The van der Waals surface area contributed by atoms with Crippen LogP contribution >= 0.6 is 11.3 Å². The highest BCUT2D eigenvalue weighted by Crippen LogP contribution is 2.43. The van der Waals surface area contributed by atoms with E-state index < -0.39 is 17.7 Å². The molecule has 0 atom stereocenters. The van der Waals surface area contributed by atoms with Gasteiger partial charge in [-0.15, -0.1) is 11.3 Å². The largest absolute Gasteiger partial charge is 0.256 e. The summed E-state index contributed by atoms with van der Waals surface area (Å²) < 4.78 is 28.4. The second-order valence-electron chi connectivity index (χ2n) is 9.65. The first-order valence-electron chi connectivity index (χ1n) is 13.3. The minimum Gasteiger partial charge on any atom is -0.256 e. The molecule has 3 aromatic carbocycles. The summed E-state index contributed by atoms with van der Waals surface area (Å²) in [6, 6.07) is 22.9. The highest BCUT2D eigenvalue weighted by Gasteiger charge is 2.17. The lowest BCUT2D eigenvalue weighted by Gasteiger charge is -2.20. The van der Waals surface area contributed by atoms with Crippen molar-refractivity contribution in [2.24, 2.45) is 0 Å². The van der Waals surface area contributed by atoms with Crippen LogP contribution in [0.15, 0.2) is 72.9 Å². The van der Waals surface area contributed by atoms with Gasteiger partial charge in [0.05, 0.1) is 5.69 Å². The van der Waals surface area contributed by atoms with E-state index in [1.165, 1.54) is 20.2 Å². The van der Waals surface area contributed by atoms with Crippen molar-refractivity contribution in [2.45, 2.75) is 59.2 Å². The molecule has 0 aliphatic rings. The van der Waals surface area contributed by atoms with Crippen LogP contribution in [0.2, 0.25) is 0 Å². The monoisotopic (exact) mass is 466 g/mol. The second kappa shape index (κ2) is 9.00. The Balaban J connectivity index is 1.74.